The molecule has 0 radical (unpaired) electrons. The lowest BCUT2D eigenvalue weighted by atomic mass is 9.74. The molecule has 1 fully saturated rings. The number of rotatable bonds is 3. The van der Waals surface area contributed by atoms with Gasteiger partial charge in [-0.15, -0.1) is 0 Å². The van der Waals surface area contributed by atoms with Crippen LogP contribution in [-0.4, -0.2) is 42.7 Å². The largest absolute Gasteiger partial charge is 0.497 e. The van der Waals surface area contributed by atoms with Crippen molar-refractivity contribution in [3.05, 3.63) is 58.6 Å². The first kappa shape index (κ1) is 20.5. The molecule has 2 aromatic rings. The van der Waals surface area contributed by atoms with Crippen molar-refractivity contribution in [3.8, 4) is 5.75 Å². The van der Waals surface area contributed by atoms with Gasteiger partial charge >= 0.3 is 6.09 Å². The van der Waals surface area contributed by atoms with Gasteiger partial charge in [0.2, 0.25) is 5.91 Å². The number of likely N-dealkylation sites (tertiary alicyclic amines) is 1. The van der Waals surface area contributed by atoms with Crippen molar-refractivity contribution in [3.63, 3.8) is 0 Å². The average Bonchev–Trinajstić information content (AvgIpc) is 3.02. The van der Waals surface area contributed by atoms with Crippen LogP contribution in [0, 0.1) is 0 Å². The van der Waals surface area contributed by atoms with Crippen molar-refractivity contribution in [1.82, 2.24) is 4.90 Å². The predicted octanol–water partition coefficient (Wildman–Crippen LogP) is 4.38. The molecular formula is C23H25ClN2O4. The molecule has 30 heavy (non-hydrogen) atoms. The third-order valence-corrected chi connectivity index (χ3v) is 5.89. The Bertz CT molecular complexity index is 1020. The van der Waals surface area contributed by atoms with Crippen LogP contribution in [0.2, 0.25) is 5.02 Å². The lowest BCUT2D eigenvalue weighted by molar-refractivity contribution is -0.148. The minimum Gasteiger partial charge on any atom is -0.497 e. The third kappa shape index (κ3) is 3.39. The zero-order chi connectivity index (χ0) is 21.7. The summed E-state index contributed by atoms with van der Waals surface area (Å²) in [5.74, 6) is 0.483. The van der Waals surface area contributed by atoms with E-state index in [4.69, 9.17) is 21.1 Å². The minimum absolute atomic E-state index is 0.215. The maximum atomic E-state index is 13.2. The number of carbonyl (C=O) groups excluding carboxylic acids is 2. The molecule has 2 aliphatic rings. The van der Waals surface area contributed by atoms with Gasteiger partial charge < -0.3 is 14.4 Å². The Morgan fingerprint density at radius 3 is 2.53 bits per heavy atom. The molecule has 1 spiro atoms. The average molecular weight is 429 g/mol. The number of methoxy groups -OCH3 is 1. The molecule has 2 heterocycles. The lowest BCUT2D eigenvalue weighted by Gasteiger charge is -2.45. The highest BCUT2D eigenvalue weighted by molar-refractivity contribution is 6.31. The van der Waals surface area contributed by atoms with Gasteiger partial charge in [0.25, 0.3) is 0 Å². The zero-order valence-electron chi connectivity index (χ0n) is 17.6. The van der Waals surface area contributed by atoms with E-state index in [1.807, 2.05) is 36.4 Å². The molecule has 6 nitrogen and oxygen atoms in total. The van der Waals surface area contributed by atoms with Crippen molar-refractivity contribution in [1.29, 1.82) is 0 Å². The predicted molar refractivity (Wildman–Crippen MR) is 115 cm³/mol. The van der Waals surface area contributed by atoms with Crippen LogP contribution in [0.4, 0.5) is 10.5 Å². The van der Waals surface area contributed by atoms with Gasteiger partial charge in [-0.05, 0) is 50.1 Å². The van der Waals surface area contributed by atoms with Crippen LogP contribution in [0.15, 0.2) is 42.5 Å². The molecule has 0 bridgehead atoms. The number of imide groups is 1. The number of fused-ring (bicyclic) bond motifs is 2. The lowest BCUT2D eigenvalue weighted by Crippen LogP contribution is -2.68. The van der Waals surface area contributed by atoms with Crippen LogP contribution in [-0.2, 0) is 21.5 Å². The second-order valence-electron chi connectivity index (χ2n) is 8.78. The van der Waals surface area contributed by atoms with Crippen molar-refractivity contribution in [2.75, 3.05) is 25.1 Å². The van der Waals surface area contributed by atoms with E-state index in [2.05, 4.69) is 4.90 Å². The summed E-state index contributed by atoms with van der Waals surface area (Å²) in [6, 6.07) is 13.4. The number of β-lactam (4-membered cyclic amide) rings is 1. The van der Waals surface area contributed by atoms with Crippen molar-refractivity contribution in [2.24, 2.45) is 0 Å². The fourth-order valence-electron chi connectivity index (χ4n) is 4.14. The normalized spacial score (nSPS) is 20.2. The molecule has 0 aliphatic carbocycles. The van der Waals surface area contributed by atoms with Gasteiger partial charge in [0.05, 0.1) is 13.7 Å². The molecule has 0 saturated carbocycles. The highest BCUT2D eigenvalue weighted by Gasteiger charge is 2.61. The van der Waals surface area contributed by atoms with Gasteiger partial charge in [-0.3, -0.25) is 4.79 Å². The van der Waals surface area contributed by atoms with Crippen LogP contribution < -0.4 is 9.64 Å². The van der Waals surface area contributed by atoms with E-state index in [1.54, 1.807) is 33.9 Å². The highest BCUT2D eigenvalue weighted by Crippen LogP contribution is 2.48. The Kier molecular flexibility index (Phi) is 4.93. The van der Waals surface area contributed by atoms with Gasteiger partial charge in [0, 0.05) is 23.8 Å². The fraction of sp³-hybridized carbons (Fsp3) is 0.391. The molecule has 158 valence electrons. The number of ether oxygens (including phenoxy) is 2. The number of hydrogen-bond acceptors (Lipinski definition) is 5. The summed E-state index contributed by atoms with van der Waals surface area (Å²) in [6.45, 7) is 6.72. The van der Waals surface area contributed by atoms with Crippen molar-refractivity contribution < 1.29 is 19.1 Å². The van der Waals surface area contributed by atoms with Gasteiger partial charge in [-0.25, -0.2) is 9.69 Å². The van der Waals surface area contributed by atoms with Gasteiger partial charge in [-0.2, -0.15) is 0 Å². The maximum absolute atomic E-state index is 13.2. The monoisotopic (exact) mass is 428 g/mol. The second kappa shape index (κ2) is 7.20. The summed E-state index contributed by atoms with van der Waals surface area (Å²) >= 11 is 6.44. The Hall–Kier alpha value is -2.73. The summed E-state index contributed by atoms with van der Waals surface area (Å²) in [5.41, 5.74) is 1.50. The van der Waals surface area contributed by atoms with Crippen LogP contribution >= 0.6 is 11.6 Å². The van der Waals surface area contributed by atoms with Gasteiger partial charge in [-0.1, -0.05) is 35.9 Å². The van der Waals surface area contributed by atoms with E-state index in [1.165, 1.54) is 4.90 Å². The number of carbonyl (C=O) groups is 2. The van der Waals surface area contributed by atoms with Crippen LogP contribution in [0.3, 0.4) is 0 Å². The molecule has 1 unspecified atom stereocenters. The molecule has 0 aromatic heterocycles. The van der Waals surface area contributed by atoms with Crippen LogP contribution in [0.5, 0.6) is 5.75 Å². The van der Waals surface area contributed by atoms with Gasteiger partial charge in [0.1, 0.15) is 16.8 Å². The number of amides is 2. The number of hydrogen-bond donors (Lipinski definition) is 0. The molecule has 1 atom stereocenters. The maximum Gasteiger partial charge on any atom is 0.417 e. The first-order valence-electron chi connectivity index (χ1n) is 9.86. The summed E-state index contributed by atoms with van der Waals surface area (Å²) in [4.78, 5) is 28.9. The van der Waals surface area contributed by atoms with E-state index in [0.29, 0.717) is 30.4 Å². The molecule has 1 saturated heterocycles. The van der Waals surface area contributed by atoms with Crippen molar-refractivity contribution in [2.45, 2.75) is 38.3 Å². The number of para-hydroxylation sites is 1. The molecule has 2 aromatic carbocycles. The quantitative estimate of drug-likeness (QED) is 0.679. The number of benzene rings is 2. The van der Waals surface area contributed by atoms with E-state index in [9.17, 15) is 9.59 Å². The number of anilines is 1. The highest BCUT2D eigenvalue weighted by atomic mass is 35.5. The molecule has 2 aliphatic heterocycles. The smallest absolute Gasteiger partial charge is 0.417 e. The summed E-state index contributed by atoms with van der Waals surface area (Å²) in [7, 11) is 1.60. The SMILES string of the molecule is COc1ccc(CN2CC3(CN(C(=O)OC(C)(C)C)C3=O)c3ccccc32)c(Cl)c1. The molecular weight excluding hydrogens is 404 g/mol. The standard InChI is InChI=1S/C23H25ClN2O4/c1-22(2,3)30-21(28)26-14-23(20(26)27)13-25(19-8-6-5-7-17(19)23)12-15-9-10-16(29-4)11-18(15)24/h5-11H,12-14H2,1-4H3. The fourth-order valence-corrected chi connectivity index (χ4v) is 4.37. The van der Waals surface area contributed by atoms with E-state index in [-0.39, 0.29) is 5.91 Å². The van der Waals surface area contributed by atoms with Crippen LogP contribution in [0.25, 0.3) is 0 Å². The third-order valence-electron chi connectivity index (χ3n) is 5.54. The van der Waals surface area contributed by atoms with Crippen LogP contribution in [0.1, 0.15) is 31.9 Å². The molecule has 0 N–H and O–H groups in total. The summed E-state index contributed by atoms with van der Waals surface area (Å²) < 4.78 is 10.6. The second-order valence-corrected chi connectivity index (χ2v) is 9.19. The first-order chi connectivity index (χ1) is 14.1. The molecule has 4 rings (SSSR count). The number of nitrogens with zero attached hydrogens (tertiary/aromatic N) is 2. The topological polar surface area (TPSA) is 59.1 Å². The molecule has 2 amide bonds. The zero-order valence-corrected chi connectivity index (χ0v) is 18.3. The molecule has 7 heteroatoms. The van der Waals surface area contributed by atoms with E-state index < -0.39 is 17.1 Å². The van der Waals surface area contributed by atoms with E-state index in [0.717, 1.165) is 16.8 Å². The first-order valence-corrected chi connectivity index (χ1v) is 10.2. The Labute approximate surface area is 181 Å². The number of halogens is 1. The van der Waals surface area contributed by atoms with E-state index >= 15 is 0 Å². The Balaban J connectivity index is 1.58. The minimum atomic E-state index is -0.730. The summed E-state index contributed by atoms with van der Waals surface area (Å²) in [5, 5.41) is 0.614. The Morgan fingerprint density at radius 1 is 1.17 bits per heavy atom. The Morgan fingerprint density at radius 2 is 1.90 bits per heavy atom. The van der Waals surface area contributed by atoms with Crippen molar-refractivity contribution >= 4 is 29.3 Å². The van der Waals surface area contributed by atoms with Gasteiger partial charge in [0.15, 0.2) is 0 Å². The summed E-state index contributed by atoms with van der Waals surface area (Å²) in [6.07, 6.45) is -0.591.